The number of aromatic nitrogens is 3. The molecule has 136 valence electrons. The van der Waals surface area contributed by atoms with E-state index in [-0.39, 0.29) is 17.5 Å². The molecule has 26 heavy (non-hydrogen) atoms. The Balaban J connectivity index is 1.73. The standard InChI is InChI=1S/C16H13F3N4O2S/c1-8(2)14-22-23-15(26-14)21-12(24)11-7-25-13(20-11)9-3-5-10(6-4-9)16(17,18)19/h3-8H,1-2H3,(H,21,23,24). The number of hydrogen-bond acceptors (Lipinski definition) is 6. The van der Waals surface area contributed by atoms with Gasteiger partial charge in [-0.05, 0) is 24.3 Å². The summed E-state index contributed by atoms with van der Waals surface area (Å²) in [4.78, 5) is 16.2. The van der Waals surface area contributed by atoms with Gasteiger partial charge in [0.15, 0.2) is 5.69 Å². The highest BCUT2D eigenvalue weighted by molar-refractivity contribution is 7.15. The summed E-state index contributed by atoms with van der Waals surface area (Å²) in [5.74, 6) is -0.307. The van der Waals surface area contributed by atoms with E-state index in [2.05, 4.69) is 20.5 Å². The summed E-state index contributed by atoms with van der Waals surface area (Å²) < 4.78 is 43.0. The van der Waals surface area contributed by atoms with E-state index in [9.17, 15) is 18.0 Å². The zero-order valence-electron chi connectivity index (χ0n) is 13.7. The van der Waals surface area contributed by atoms with Crippen molar-refractivity contribution in [3.63, 3.8) is 0 Å². The Morgan fingerprint density at radius 2 is 1.88 bits per heavy atom. The van der Waals surface area contributed by atoms with Crippen molar-refractivity contribution < 1.29 is 22.4 Å². The molecule has 0 saturated heterocycles. The Hall–Kier alpha value is -2.75. The molecule has 0 saturated carbocycles. The number of rotatable bonds is 4. The van der Waals surface area contributed by atoms with E-state index in [1.54, 1.807) is 0 Å². The quantitative estimate of drug-likeness (QED) is 0.714. The summed E-state index contributed by atoms with van der Waals surface area (Å²) in [6.45, 7) is 3.92. The molecule has 10 heteroatoms. The van der Waals surface area contributed by atoms with E-state index in [0.717, 1.165) is 23.4 Å². The fourth-order valence-electron chi connectivity index (χ4n) is 1.99. The number of anilines is 1. The van der Waals surface area contributed by atoms with Crippen molar-refractivity contribution in [2.45, 2.75) is 25.9 Å². The molecule has 2 heterocycles. The lowest BCUT2D eigenvalue weighted by molar-refractivity contribution is -0.137. The molecule has 3 aromatic rings. The zero-order valence-corrected chi connectivity index (χ0v) is 14.5. The number of hydrogen-bond donors (Lipinski definition) is 1. The summed E-state index contributed by atoms with van der Waals surface area (Å²) in [6.07, 6.45) is -3.29. The minimum absolute atomic E-state index is 0.0128. The smallest absolute Gasteiger partial charge is 0.416 e. The zero-order chi connectivity index (χ0) is 18.9. The number of nitrogens with zero attached hydrogens (tertiary/aromatic N) is 3. The highest BCUT2D eigenvalue weighted by Gasteiger charge is 2.30. The third-order valence-electron chi connectivity index (χ3n) is 3.35. The van der Waals surface area contributed by atoms with Gasteiger partial charge in [-0.15, -0.1) is 10.2 Å². The number of alkyl halides is 3. The van der Waals surface area contributed by atoms with Gasteiger partial charge in [0.25, 0.3) is 5.91 Å². The van der Waals surface area contributed by atoms with E-state index in [0.29, 0.717) is 10.7 Å². The molecule has 6 nitrogen and oxygen atoms in total. The van der Waals surface area contributed by atoms with Crippen molar-refractivity contribution in [2.24, 2.45) is 0 Å². The highest BCUT2D eigenvalue weighted by atomic mass is 32.1. The number of carbonyl (C=O) groups is 1. The van der Waals surface area contributed by atoms with Gasteiger partial charge in [0.1, 0.15) is 11.3 Å². The average molecular weight is 382 g/mol. The maximum absolute atomic E-state index is 12.6. The molecule has 0 aliphatic rings. The van der Waals surface area contributed by atoms with Gasteiger partial charge in [0, 0.05) is 11.5 Å². The van der Waals surface area contributed by atoms with Crippen molar-refractivity contribution in [3.8, 4) is 11.5 Å². The van der Waals surface area contributed by atoms with Gasteiger partial charge in [0.2, 0.25) is 11.0 Å². The molecular formula is C16H13F3N4O2S. The molecule has 0 fully saturated rings. The molecular weight excluding hydrogens is 369 g/mol. The number of oxazole rings is 1. The van der Waals surface area contributed by atoms with Crippen molar-refractivity contribution in [1.82, 2.24) is 15.2 Å². The van der Waals surface area contributed by atoms with Crippen LogP contribution >= 0.6 is 11.3 Å². The van der Waals surface area contributed by atoms with Crippen molar-refractivity contribution >= 4 is 22.4 Å². The fraction of sp³-hybridized carbons (Fsp3) is 0.250. The largest absolute Gasteiger partial charge is 0.444 e. The first-order valence-corrected chi connectivity index (χ1v) is 8.33. The predicted octanol–water partition coefficient (Wildman–Crippen LogP) is 4.59. The van der Waals surface area contributed by atoms with Crippen LogP contribution in [0, 0.1) is 0 Å². The lowest BCUT2D eigenvalue weighted by Gasteiger charge is -2.05. The van der Waals surface area contributed by atoms with Gasteiger partial charge >= 0.3 is 6.18 Å². The first kappa shape index (κ1) is 18.1. The lowest BCUT2D eigenvalue weighted by atomic mass is 10.1. The van der Waals surface area contributed by atoms with Crippen molar-refractivity contribution in [2.75, 3.05) is 5.32 Å². The van der Waals surface area contributed by atoms with Crippen molar-refractivity contribution in [1.29, 1.82) is 0 Å². The molecule has 0 spiro atoms. The molecule has 3 rings (SSSR count). The normalized spacial score (nSPS) is 11.8. The second-order valence-electron chi connectivity index (χ2n) is 5.67. The maximum atomic E-state index is 12.6. The Labute approximate surface area is 150 Å². The van der Waals surface area contributed by atoms with Gasteiger partial charge in [-0.25, -0.2) is 4.98 Å². The molecule has 0 atom stereocenters. The van der Waals surface area contributed by atoms with Crippen LogP contribution in [0.1, 0.15) is 40.8 Å². The van der Waals surface area contributed by atoms with E-state index in [1.807, 2.05) is 13.8 Å². The maximum Gasteiger partial charge on any atom is 0.416 e. The van der Waals surface area contributed by atoms with Crippen LogP contribution in [0.3, 0.4) is 0 Å². The van der Waals surface area contributed by atoms with Crippen LogP contribution in [0.5, 0.6) is 0 Å². The van der Waals surface area contributed by atoms with Crippen LogP contribution in [0.4, 0.5) is 18.3 Å². The van der Waals surface area contributed by atoms with Crippen LogP contribution in [0.25, 0.3) is 11.5 Å². The van der Waals surface area contributed by atoms with Crippen LogP contribution < -0.4 is 5.32 Å². The summed E-state index contributed by atoms with van der Waals surface area (Å²) in [7, 11) is 0. The second kappa shape index (κ2) is 6.87. The van der Waals surface area contributed by atoms with E-state index < -0.39 is 17.6 Å². The summed E-state index contributed by atoms with van der Waals surface area (Å²) in [6, 6.07) is 4.31. The first-order valence-electron chi connectivity index (χ1n) is 7.52. The van der Waals surface area contributed by atoms with Gasteiger partial charge in [0.05, 0.1) is 5.56 Å². The second-order valence-corrected chi connectivity index (χ2v) is 6.68. The summed E-state index contributed by atoms with van der Waals surface area (Å²) >= 11 is 1.25. The van der Waals surface area contributed by atoms with Gasteiger partial charge in [-0.2, -0.15) is 13.2 Å². The Bertz CT molecular complexity index is 916. The van der Waals surface area contributed by atoms with Crippen LogP contribution in [0.2, 0.25) is 0 Å². The molecule has 0 radical (unpaired) electrons. The van der Waals surface area contributed by atoms with E-state index in [1.165, 1.54) is 23.5 Å². The van der Waals surface area contributed by atoms with Crippen molar-refractivity contribution in [3.05, 3.63) is 46.8 Å². The Kier molecular flexibility index (Phi) is 4.77. The topological polar surface area (TPSA) is 80.9 Å². The van der Waals surface area contributed by atoms with Gasteiger partial charge in [-0.3, -0.25) is 10.1 Å². The molecule has 1 aromatic carbocycles. The highest BCUT2D eigenvalue weighted by Crippen LogP contribution is 2.31. The summed E-state index contributed by atoms with van der Waals surface area (Å²) in [5.41, 5.74) is -0.459. The molecule has 1 amide bonds. The minimum atomic E-state index is -4.42. The SMILES string of the molecule is CC(C)c1nnc(NC(=O)c2coc(-c3ccc(C(F)(F)F)cc3)n2)s1. The molecule has 0 aliphatic heterocycles. The predicted molar refractivity (Wildman–Crippen MR) is 88.9 cm³/mol. The number of amides is 1. The van der Waals surface area contributed by atoms with Crippen LogP contribution in [-0.4, -0.2) is 21.1 Å². The fourth-order valence-corrected chi connectivity index (χ4v) is 2.73. The van der Waals surface area contributed by atoms with Crippen LogP contribution in [-0.2, 0) is 6.18 Å². The molecule has 2 aromatic heterocycles. The monoisotopic (exact) mass is 382 g/mol. The molecule has 1 N–H and O–H groups in total. The number of halogens is 3. The molecule has 0 bridgehead atoms. The van der Waals surface area contributed by atoms with E-state index in [4.69, 9.17) is 4.42 Å². The average Bonchev–Trinajstić information content (AvgIpc) is 3.23. The van der Waals surface area contributed by atoms with E-state index >= 15 is 0 Å². The van der Waals surface area contributed by atoms with Gasteiger partial charge in [-0.1, -0.05) is 25.2 Å². The lowest BCUT2D eigenvalue weighted by Crippen LogP contribution is -2.12. The number of carbonyl (C=O) groups excluding carboxylic acids is 1. The Morgan fingerprint density at radius 3 is 2.46 bits per heavy atom. The summed E-state index contributed by atoms with van der Waals surface area (Å²) in [5, 5.41) is 11.5. The third kappa shape index (κ3) is 3.90. The molecule has 0 unspecified atom stereocenters. The first-order chi connectivity index (χ1) is 12.2. The molecule has 0 aliphatic carbocycles. The minimum Gasteiger partial charge on any atom is -0.444 e. The number of benzene rings is 1. The van der Waals surface area contributed by atoms with Crippen LogP contribution in [0.15, 0.2) is 34.9 Å². The Morgan fingerprint density at radius 1 is 1.19 bits per heavy atom. The third-order valence-corrected chi connectivity index (χ3v) is 4.49. The number of nitrogens with one attached hydrogen (secondary N) is 1. The van der Waals surface area contributed by atoms with Gasteiger partial charge < -0.3 is 4.42 Å².